The Hall–Kier alpha value is -0.870. The number of nitrogens with zero attached hydrogens (tertiary/aromatic N) is 1. The predicted octanol–water partition coefficient (Wildman–Crippen LogP) is 0.943. The molecule has 2 rings (SSSR count). The molecule has 1 saturated heterocycles. The molecule has 4 nitrogen and oxygen atoms in total. The zero-order valence-electron chi connectivity index (χ0n) is 7.53. The summed E-state index contributed by atoms with van der Waals surface area (Å²) in [4.78, 5) is 0. The van der Waals surface area contributed by atoms with Crippen molar-refractivity contribution in [1.82, 2.24) is 10.5 Å². The van der Waals surface area contributed by atoms with Crippen LogP contribution in [-0.4, -0.2) is 24.4 Å². The van der Waals surface area contributed by atoms with Gasteiger partial charge in [-0.3, -0.25) is 0 Å². The molecule has 1 aromatic heterocycles. The number of hydrogen-bond acceptors (Lipinski definition) is 4. The molecule has 0 aromatic carbocycles. The third kappa shape index (κ3) is 2.54. The molecule has 0 radical (unpaired) electrons. The van der Waals surface area contributed by atoms with Crippen LogP contribution in [0.2, 0.25) is 0 Å². The molecule has 13 heavy (non-hydrogen) atoms. The van der Waals surface area contributed by atoms with Crippen molar-refractivity contribution in [1.29, 1.82) is 0 Å². The first-order chi connectivity index (χ1) is 6.45. The molecular weight excluding hydrogens is 168 g/mol. The summed E-state index contributed by atoms with van der Waals surface area (Å²) < 4.78 is 10.4. The van der Waals surface area contributed by atoms with Gasteiger partial charge in [0.2, 0.25) is 0 Å². The lowest BCUT2D eigenvalue weighted by Gasteiger charge is -2.22. The molecule has 0 aliphatic carbocycles. The first-order valence-electron chi connectivity index (χ1n) is 4.66. The maximum absolute atomic E-state index is 5.69. The van der Waals surface area contributed by atoms with Gasteiger partial charge in [0.25, 0.3) is 0 Å². The summed E-state index contributed by atoms with van der Waals surface area (Å²) >= 11 is 0. The highest BCUT2D eigenvalue weighted by Crippen LogP contribution is 2.10. The number of hydrogen-bond donors (Lipinski definition) is 1. The van der Waals surface area contributed by atoms with E-state index in [1.165, 1.54) is 0 Å². The van der Waals surface area contributed by atoms with Gasteiger partial charge in [0, 0.05) is 5.56 Å². The van der Waals surface area contributed by atoms with Crippen molar-refractivity contribution < 1.29 is 9.26 Å². The number of nitrogens with one attached hydrogen (secondary N) is 1. The first kappa shape index (κ1) is 8.72. The number of aromatic nitrogens is 1. The fourth-order valence-corrected chi connectivity index (χ4v) is 1.47. The van der Waals surface area contributed by atoms with Crippen LogP contribution in [0.3, 0.4) is 0 Å². The second-order valence-electron chi connectivity index (χ2n) is 3.29. The molecule has 1 N–H and O–H groups in total. The molecule has 1 fully saturated rings. The van der Waals surface area contributed by atoms with Crippen molar-refractivity contribution in [2.75, 3.05) is 13.1 Å². The second-order valence-corrected chi connectivity index (χ2v) is 3.29. The molecule has 1 aliphatic rings. The Morgan fingerprint density at radius 1 is 1.54 bits per heavy atom. The van der Waals surface area contributed by atoms with Crippen LogP contribution in [0.4, 0.5) is 0 Å². The average Bonchev–Trinajstić information content (AvgIpc) is 2.69. The van der Waals surface area contributed by atoms with E-state index in [9.17, 15) is 0 Å². The van der Waals surface area contributed by atoms with Gasteiger partial charge in [-0.05, 0) is 25.9 Å². The van der Waals surface area contributed by atoms with E-state index in [0.717, 1.165) is 31.5 Å². The topological polar surface area (TPSA) is 47.3 Å². The van der Waals surface area contributed by atoms with Crippen LogP contribution in [0.5, 0.6) is 0 Å². The SMILES string of the molecule is c1nocc1COC1CCNCC1. The minimum Gasteiger partial charge on any atom is -0.373 e. The molecule has 0 bridgehead atoms. The van der Waals surface area contributed by atoms with E-state index < -0.39 is 0 Å². The van der Waals surface area contributed by atoms with Crippen LogP contribution in [-0.2, 0) is 11.3 Å². The molecule has 2 heterocycles. The summed E-state index contributed by atoms with van der Waals surface area (Å²) in [7, 11) is 0. The van der Waals surface area contributed by atoms with Crippen molar-refractivity contribution >= 4 is 0 Å². The lowest BCUT2D eigenvalue weighted by atomic mass is 10.1. The molecule has 0 unspecified atom stereocenters. The maximum atomic E-state index is 5.69. The van der Waals surface area contributed by atoms with Gasteiger partial charge in [-0.25, -0.2) is 0 Å². The highest BCUT2D eigenvalue weighted by Gasteiger charge is 2.13. The molecule has 1 aromatic rings. The van der Waals surface area contributed by atoms with Gasteiger partial charge in [-0.1, -0.05) is 5.16 Å². The van der Waals surface area contributed by atoms with E-state index in [-0.39, 0.29) is 0 Å². The third-order valence-corrected chi connectivity index (χ3v) is 2.26. The monoisotopic (exact) mass is 182 g/mol. The predicted molar refractivity (Wildman–Crippen MR) is 47.2 cm³/mol. The van der Waals surface area contributed by atoms with Gasteiger partial charge in [0.1, 0.15) is 6.26 Å². The van der Waals surface area contributed by atoms with E-state index in [4.69, 9.17) is 9.26 Å². The molecule has 4 heteroatoms. The average molecular weight is 182 g/mol. The summed E-state index contributed by atoms with van der Waals surface area (Å²) in [5.41, 5.74) is 1.01. The Labute approximate surface area is 77.2 Å². The molecule has 1 aliphatic heterocycles. The molecule has 0 spiro atoms. The fraction of sp³-hybridized carbons (Fsp3) is 0.667. The summed E-state index contributed by atoms with van der Waals surface area (Å²) in [6, 6.07) is 0. The van der Waals surface area contributed by atoms with Crippen LogP contribution in [0.1, 0.15) is 18.4 Å². The summed E-state index contributed by atoms with van der Waals surface area (Å²) in [5, 5.41) is 6.92. The minimum atomic E-state index is 0.399. The van der Waals surface area contributed by atoms with E-state index in [1.54, 1.807) is 12.5 Å². The summed E-state index contributed by atoms with van der Waals surface area (Å²) in [5.74, 6) is 0. The van der Waals surface area contributed by atoms with Crippen LogP contribution in [0.15, 0.2) is 17.0 Å². The van der Waals surface area contributed by atoms with Crippen molar-refractivity contribution in [3.05, 3.63) is 18.0 Å². The first-order valence-corrected chi connectivity index (χ1v) is 4.66. The van der Waals surface area contributed by atoms with Gasteiger partial charge in [-0.2, -0.15) is 0 Å². The van der Waals surface area contributed by atoms with Crippen LogP contribution < -0.4 is 5.32 Å². The summed E-state index contributed by atoms with van der Waals surface area (Å²) in [6.45, 7) is 2.75. The number of ether oxygens (including phenoxy) is 1. The molecule has 0 atom stereocenters. The number of rotatable bonds is 3. The highest BCUT2D eigenvalue weighted by atomic mass is 16.5. The van der Waals surface area contributed by atoms with Crippen molar-refractivity contribution in [3.63, 3.8) is 0 Å². The van der Waals surface area contributed by atoms with Gasteiger partial charge >= 0.3 is 0 Å². The zero-order valence-corrected chi connectivity index (χ0v) is 7.53. The molecule has 72 valence electrons. The Kier molecular flexibility index (Phi) is 2.94. The zero-order chi connectivity index (χ0) is 8.93. The van der Waals surface area contributed by atoms with Crippen molar-refractivity contribution in [2.45, 2.75) is 25.6 Å². The van der Waals surface area contributed by atoms with Gasteiger partial charge in [0.15, 0.2) is 0 Å². The van der Waals surface area contributed by atoms with Crippen LogP contribution >= 0.6 is 0 Å². The normalized spacial score (nSPS) is 19.1. The smallest absolute Gasteiger partial charge is 0.129 e. The highest BCUT2D eigenvalue weighted by molar-refractivity contribution is 4.97. The fourth-order valence-electron chi connectivity index (χ4n) is 1.47. The minimum absolute atomic E-state index is 0.399. The van der Waals surface area contributed by atoms with Gasteiger partial charge < -0.3 is 14.6 Å². The Bertz CT molecular complexity index is 230. The van der Waals surface area contributed by atoms with Crippen molar-refractivity contribution in [3.8, 4) is 0 Å². The summed E-state index contributed by atoms with van der Waals surface area (Å²) in [6.07, 6.45) is 5.93. The van der Waals surface area contributed by atoms with Crippen LogP contribution in [0, 0.1) is 0 Å². The Balaban J connectivity index is 1.72. The Morgan fingerprint density at radius 2 is 2.38 bits per heavy atom. The van der Waals surface area contributed by atoms with E-state index in [0.29, 0.717) is 12.7 Å². The van der Waals surface area contributed by atoms with Crippen LogP contribution in [0.25, 0.3) is 0 Å². The van der Waals surface area contributed by atoms with E-state index in [2.05, 4.69) is 10.5 Å². The molecular formula is C9H14N2O2. The molecule has 0 amide bonds. The van der Waals surface area contributed by atoms with E-state index >= 15 is 0 Å². The quantitative estimate of drug-likeness (QED) is 0.755. The largest absolute Gasteiger partial charge is 0.373 e. The van der Waals surface area contributed by atoms with Crippen molar-refractivity contribution in [2.24, 2.45) is 0 Å². The van der Waals surface area contributed by atoms with Gasteiger partial charge in [-0.15, -0.1) is 0 Å². The van der Waals surface area contributed by atoms with E-state index in [1.807, 2.05) is 0 Å². The van der Waals surface area contributed by atoms with Gasteiger partial charge in [0.05, 0.1) is 18.9 Å². The standard InChI is InChI=1S/C9H14N2O2/c1-3-10-4-2-9(1)12-6-8-5-11-13-7-8/h5,7,9-10H,1-4,6H2. The number of piperidine rings is 1. The maximum Gasteiger partial charge on any atom is 0.129 e. The lowest BCUT2D eigenvalue weighted by Crippen LogP contribution is -2.32. The Morgan fingerprint density at radius 3 is 3.08 bits per heavy atom. The lowest BCUT2D eigenvalue weighted by molar-refractivity contribution is 0.0210. The second kappa shape index (κ2) is 4.39. The molecule has 0 saturated carbocycles. The third-order valence-electron chi connectivity index (χ3n) is 2.26.